The van der Waals surface area contributed by atoms with Crippen molar-refractivity contribution in [3.05, 3.63) is 118 Å². The van der Waals surface area contributed by atoms with Crippen LogP contribution in [0.3, 0.4) is 0 Å². The van der Waals surface area contributed by atoms with Crippen LogP contribution in [0.5, 0.6) is 0 Å². The number of carbonyl (C=O) groups is 2. The Labute approximate surface area is 233 Å². The number of anilines is 1. The van der Waals surface area contributed by atoms with Gasteiger partial charge in [0.25, 0.3) is 5.91 Å². The Morgan fingerprint density at radius 2 is 1.79 bits per heavy atom. The van der Waals surface area contributed by atoms with Crippen molar-refractivity contribution < 1.29 is 9.59 Å². The Kier molecular flexibility index (Phi) is 7.93. The molecule has 8 heteroatoms. The van der Waals surface area contributed by atoms with E-state index in [9.17, 15) is 9.59 Å². The third-order valence-corrected chi connectivity index (χ3v) is 7.64. The molecule has 2 N–H and O–H groups in total. The standard InChI is InChI=1S/C31H31N5O2S/c1-20(2)23-11-13-24(14-12-23)29-28(30(38)35-25-9-5-4-6-10-25)21(3)34-31-36(29)26(19-39-31)16-27(37)33-18-22-8-7-15-32-17-22/h4-15,17,19-20,29H,16,18H2,1-3H3,(H,33,37)(H,35,38). The van der Waals surface area contributed by atoms with Crippen molar-refractivity contribution in [2.24, 2.45) is 4.99 Å². The largest absolute Gasteiger partial charge is 0.352 e. The molecule has 1 aromatic heterocycles. The van der Waals surface area contributed by atoms with Gasteiger partial charge in [0.15, 0.2) is 5.17 Å². The zero-order chi connectivity index (χ0) is 27.4. The van der Waals surface area contributed by atoms with Gasteiger partial charge in [0.1, 0.15) is 0 Å². The van der Waals surface area contributed by atoms with Gasteiger partial charge in [0.2, 0.25) is 5.91 Å². The van der Waals surface area contributed by atoms with Gasteiger partial charge in [-0.25, -0.2) is 4.99 Å². The number of nitrogens with one attached hydrogen (secondary N) is 2. The predicted octanol–water partition coefficient (Wildman–Crippen LogP) is 6.13. The lowest BCUT2D eigenvalue weighted by Crippen LogP contribution is -2.38. The fraction of sp³-hybridized carbons (Fsp3) is 0.226. The van der Waals surface area contributed by atoms with E-state index < -0.39 is 6.04 Å². The van der Waals surface area contributed by atoms with E-state index in [2.05, 4.69) is 53.7 Å². The number of amidine groups is 1. The second-order valence-electron chi connectivity index (χ2n) is 9.85. The molecule has 2 aliphatic heterocycles. The maximum absolute atomic E-state index is 13.7. The number of benzene rings is 2. The maximum Gasteiger partial charge on any atom is 0.255 e. The van der Waals surface area contributed by atoms with Crippen LogP contribution in [-0.2, 0) is 16.1 Å². The molecule has 0 spiro atoms. The molecule has 5 rings (SSSR count). The number of pyridine rings is 1. The summed E-state index contributed by atoms with van der Waals surface area (Å²) in [7, 11) is 0. The average Bonchev–Trinajstić information content (AvgIpc) is 3.33. The molecule has 0 fully saturated rings. The van der Waals surface area contributed by atoms with Gasteiger partial charge < -0.3 is 15.5 Å². The lowest BCUT2D eigenvalue weighted by atomic mass is 9.91. The van der Waals surface area contributed by atoms with E-state index in [-0.39, 0.29) is 18.2 Å². The van der Waals surface area contributed by atoms with Gasteiger partial charge in [-0.05, 0) is 53.1 Å². The molecule has 2 aromatic carbocycles. The molecular formula is C31H31N5O2S. The second-order valence-corrected chi connectivity index (χ2v) is 10.7. The molecule has 3 aromatic rings. The monoisotopic (exact) mass is 537 g/mol. The third-order valence-electron chi connectivity index (χ3n) is 6.75. The highest BCUT2D eigenvalue weighted by molar-refractivity contribution is 8.16. The number of nitrogens with zero attached hydrogens (tertiary/aromatic N) is 3. The number of fused-ring (bicyclic) bond motifs is 1. The van der Waals surface area contributed by atoms with Crippen LogP contribution in [0.15, 0.2) is 106 Å². The number of hydrogen-bond donors (Lipinski definition) is 2. The number of rotatable bonds is 8. The fourth-order valence-corrected chi connectivity index (χ4v) is 5.65. The van der Waals surface area contributed by atoms with Crippen LogP contribution < -0.4 is 10.6 Å². The molecule has 0 saturated carbocycles. The fourth-order valence-electron chi connectivity index (χ4n) is 4.69. The topological polar surface area (TPSA) is 86.7 Å². The number of aromatic nitrogens is 1. The van der Waals surface area contributed by atoms with E-state index in [0.29, 0.717) is 29.4 Å². The molecule has 0 bridgehead atoms. The summed E-state index contributed by atoms with van der Waals surface area (Å²) in [5, 5.41) is 8.75. The summed E-state index contributed by atoms with van der Waals surface area (Å²) in [6.07, 6.45) is 3.61. The van der Waals surface area contributed by atoms with E-state index in [1.165, 1.54) is 17.3 Å². The maximum atomic E-state index is 13.7. The summed E-state index contributed by atoms with van der Waals surface area (Å²) in [5.74, 6) is 0.0705. The molecule has 198 valence electrons. The molecule has 39 heavy (non-hydrogen) atoms. The first kappa shape index (κ1) is 26.4. The van der Waals surface area contributed by atoms with Crippen LogP contribution in [-0.4, -0.2) is 26.9 Å². The van der Waals surface area contributed by atoms with Crippen LogP contribution in [0.4, 0.5) is 5.69 Å². The molecule has 0 saturated heterocycles. The van der Waals surface area contributed by atoms with Gasteiger partial charge in [-0.2, -0.15) is 0 Å². The quantitative estimate of drug-likeness (QED) is 0.361. The van der Waals surface area contributed by atoms with Gasteiger partial charge >= 0.3 is 0 Å². The van der Waals surface area contributed by atoms with Crippen molar-refractivity contribution in [2.45, 2.75) is 45.7 Å². The summed E-state index contributed by atoms with van der Waals surface area (Å²) < 4.78 is 0. The molecule has 0 radical (unpaired) electrons. The zero-order valence-electron chi connectivity index (χ0n) is 22.2. The average molecular weight is 538 g/mol. The molecule has 3 heterocycles. The van der Waals surface area contributed by atoms with E-state index in [1.54, 1.807) is 12.4 Å². The molecule has 2 amide bonds. The highest BCUT2D eigenvalue weighted by Gasteiger charge is 2.40. The molecule has 2 aliphatic rings. The Balaban J connectivity index is 1.44. The SMILES string of the molecule is CC1=C(C(=O)Nc2ccccc2)C(c2ccc(C(C)C)cc2)N2C(CC(=O)NCc3cccnc3)=CSC2=N1. The third kappa shape index (κ3) is 5.96. The van der Waals surface area contributed by atoms with Crippen LogP contribution in [0, 0.1) is 0 Å². The van der Waals surface area contributed by atoms with Crippen LogP contribution in [0.2, 0.25) is 0 Å². The molecule has 1 atom stereocenters. The minimum absolute atomic E-state index is 0.109. The highest BCUT2D eigenvalue weighted by Crippen LogP contribution is 2.45. The summed E-state index contributed by atoms with van der Waals surface area (Å²) in [6.45, 7) is 6.59. The van der Waals surface area contributed by atoms with Crippen molar-refractivity contribution in [1.29, 1.82) is 0 Å². The van der Waals surface area contributed by atoms with Gasteiger partial charge in [-0.3, -0.25) is 14.6 Å². The summed E-state index contributed by atoms with van der Waals surface area (Å²) >= 11 is 1.48. The predicted molar refractivity (Wildman–Crippen MR) is 157 cm³/mol. The minimum Gasteiger partial charge on any atom is -0.352 e. The lowest BCUT2D eigenvalue weighted by molar-refractivity contribution is -0.120. The lowest BCUT2D eigenvalue weighted by Gasteiger charge is -2.36. The summed E-state index contributed by atoms with van der Waals surface area (Å²) in [4.78, 5) is 37.7. The van der Waals surface area contributed by atoms with Crippen molar-refractivity contribution >= 4 is 34.4 Å². The zero-order valence-corrected chi connectivity index (χ0v) is 23.0. The van der Waals surface area contributed by atoms with Crippen molar-refractivity contribution in [3.63, 3.8) is 0 Å². The van der Waals surface area contributed by atoms with Crippen molar-refractivity contribution in [3.8, 4) is 0 Å². The van der Waals surface area contributed by atoms with E-state index >= 15 is 0 Å². The van der Waals surface area contributed by atoms with Crippen LogP contribution in [0.25, 0.3) is 0 Å². The highest BCUT2D eigenvalue weighted by atomic mass is 32.2. The van der Waals surface area contributed by atoms with E-state index in [1.807, 2.05) is 59.7 Å². The Morgan fingerprint density at radius 3 is 2.49 bits per heavy atom. The van der Waals surface area contributed by atoms with Crippen LogP contribution in [0.1, 0.15) is 55.8 Å². The minimum atomic E-state index is -0.421. The van der Waals surface area contributed by atoms with Gasteiger partial charge in [0, 0.05) is 30.3 Å². The first-order valence-electron chi connectivity index (χ1n) is 13.0. The number of allylic oxidation sites excluding steroid dienone is 1. The first-order valence-corrected chi connectivity index (χ1v) is 13.8. The number of para-hydroxylation sites is 1. The molecule has 7 nitrogen and oxygen atoms in total. The second kappa shape index (κ2) is 11.7. The Hall–Kier alpha value is -4.17. The van der Waals surface area contributed by atoms with E-state index in [0.717, 1.165) is 22.0 Å². The molecular weight excluding hydrogens is 506 g/mol. The molecule has 1 unspecified atom stereocenters. The van der Waals surface area contributed by atoms with Crippen molar-refractivity contribution in [2.75, 3.05) is 5.32 Å². The van der Waals surface area contributed by atoms with Gasteiger partial charge in [0.05, 0.1) is 23.7 Å². The first-order chi connectivity index (χ1) is 18.9. The number of amides is 2. The normalized spacial score (nSPS) is 16.5. The smallest absolute Gasteiger partial charge is 0.255 e. The number of hydrogen-bond acceptors (Lipinski definition) is 6. The van der Waals surface area contributed by atoms with Gasteiger partial charge in [-0.15, -0.1) is 0 Å². The van der Waals surface area contributed by atoms with E-state index in [4.69, 9.17) is 4.99 Å². The van der Waals surface area contributed by atoms with Gasteiger partial charge in [-0.1, -0.05) is 74.1 Å². The molecule has 0 aliphatic carbocycles. The summed E-state index contributed by atoms with van der Waals surface area (Å²) in [5.41, 5.74) is 5.86. The Bertz CT molecular complexity index is 1450. The number of aliphatic imine (C=N–C) groups is 1. The summed E-state index contributed by atoms with van der Waals surface area (Å²) in [6, 6.07) is 21.1. The Morgan fingerprint density at radius 1 is 1.03 bits per heavy atom. The number of thioether (sulfide) groups is 1. The van der Waals surface area contributed by atoms with Crippen molar-refractivity contribution in [1.82, 2.24) is 15.2 Å². The number of carbonyl (C=O) groups excluding carboxylic acids is 2. The van der Waals surface area contributed by atoms with Crippen LogP contribution >= 0.6 is 11.8 Å².